The van der Waals surface area contributed by atoms with Crippen LogP contribution < -0.4 is 15.8 Å². The van der Waals surface area contributed by atoms with Gasteiger partial charge in [-0.15, -0.1) is 0 Å². The number of amides is 1. The Hall–Kier alpha value is -1.07. The molecule has 4 nitrogen and oxygen atoms in total. The van der Waals surface area contributed by atoms with Gasteiger partial charge in [-0.1, -0.05) is 28.8 Å². The summed E-state index contributed by atoms with van der Waals surface area (Å²) in [4.78, 5) is 12.3. The second-order valence-electron chi connectivity index (χ2n) is 4.87. The zero-order valence-corrected chi connectivity index (χ0v) is 12.6. The second kappa shape index (κ2) is 6.39. The van der Waals surface area contributed by atoms with Crippen molar-refractivity contribution in [3.8, 4) is 5.75 Å². The van der Waals surface area contributed by atoms with E-state index in [4.69, 9.17) is 10.5 Å². The van der Waals surface area contributed by atoms with Gasteiger partial charge in [-0.05, 0) is 31.0 Å². The Morgan fingerprint density at radius 3 is 2.84 bits per heavy atom. The van der Waals surface area contributed by atoms with Gasteiger partial charge in [0.25, 0.3) is 5.91 Å². The lowest BCUT2D eigenvalue weighted by Crippen LogP contribution is -2.49. The van der Waals surface area contributed by atoms with Crippen LogP contribution in [0.5, 0.6) is 5.75 Å². The average Bonchev–Trinajstić information content (AvgIpc) is 2.41. The minimum atomic E-state index is -0.119. The quantitative estimate of drug-likeness (QED) is 0.896. The fraction of sp³-hybridized carbons (Fsp3) is 0.500. The molecule has 104 valence electrons. The molecule has 1 fully saturated rings. The van der Waals surface area contributed by atoms with Gasteiger partial charge in [0.15, 0.2) is 0 Å². The van der Waals surface area contributed by atoms with Crippen molar-refractivity contribution >= 4 is 21.8 Å². The zero-order chi connectivity index (χ0) is 13.8. The predicted octanol–water partition coefficient (Wildman–Crippen LogP) is 2.46. The van der Waals surface area contributed by atoms with Crippen LogP contribution >= 0.6 is 15.9 Å². The highest BCUT2D eigenvalue weighted by atomic mass is 79.9. The fourth-order valence-corrected chi connectivity index (χ4v) is 2.78. The number of carbonyl (C=O) groups excluding carboxylic acids is 1. The molecule has 0 radical (unpaired) electrons. The van der Waals surface area contributed by atoms with Crippen LogP contribution in [0.3, 0.4) is 0 Å². The summed E-state index contributed by atoms with van der Waals surface area (Å²) in [6.45, 7) is 0. The molecular weight excluding hydrogens is 308 g/mol. The summed E-state index contributed by atoms with van der Waals surface area (Å²) in [7, 11) is 1.56. The fourth-order valence-electron chi connectivity index (χ4n) is 2.44. The molecule has 0 aliphatic heterocycles. The molecule has 2 atom stereocenters. The van der Waals surface area contributed by atoms with Crippen molar-refractivity contribution in [2.24, 2.45) is 5.73 Å². The third-order valence-electron chi connectivity index (χ3n) is 3.54. The SMILES string of the molecule is COc1cc(Br)ccc1C(=O)N[C@@H]1CCCC[C@H]1N. The number of hydrogen-bond acceptors (Lipinski definition) is 3. The summed E-state index contributed by atoms with van der Waals surface area (Å²) in [6.07, 6.45) is 4.19. The van der Waals surface area contributed by atoms with E-state index in [9.17, 15) is 4.79 Å². The van der Waals surface area contributed by atoms with E-state index in [1.54, 1.807) is 19.2 Å². The van der Waals surface area contributed by atoms with E-state index in [2.05, 4.69) is 21.2 Å². The first-order valence-corrected chi connectivity index (χ1v) is 7.31. The average molecular weight is 327 g/mol. The van der Waals surface area contributed by atoms with Gasteiger partial charge in [0.05, 0.1) is 12.7 Å². The molecule has 1 amide bonds. The van der Waals surface area contributed by atoms with Gasteiger partial charge in [0.1, 0.15) is 5.75 Å². The molecule has 1 aromatic rings. The first-order chi connectivity index (χ1) is 9.11. The molecule has 0 spiro atoms. The summed E-state index contributed by atoms with van der Waals surface area (Å²) in [6, 6.07) is 5.49. The van der Waals surface area contributed by atoms with Crippen molar-refractivity contribution in [3.05, 3.63) is 28.2 Å². The Morgan fingerprint density at radius 1 is 1.42 bits per heavy atom. The monoisotopic (exact) mass is 326 g/mol. The molecular formula is C14H19BrN2O2. The van der Waals surface area contributed by atoms with E-state index >= 15 is 0 Å². The van der Waals surface area contributed by atoms with Crippen LogP contribution in [-0.4, -0.2) is 25.1 Å². The van der Waals surface area contributed by atoms with Crippen molar-refractivity contribution < 1.29 is 9.53 Å². The lowest BCUT2D eigenvalue weighted by molar-refractivity contribution is 0.0918. The lowest BCUT2D eigenvalue weighted by atomic mass is 9.91. The summed E-state index contributed by atoms with van der Waals surface area (Å²) < 4.78 is 6.13. The van der Waals surface area contributed by atoms with Crippen molar-refractivity contribution in [1.29, 1.82) is 0 Å². The first-order valence-electron chi connectivity index (χ1n) is 6.52. The maximum Gasteiger partial charge on any atom is 0.255 e. The van der Waals surface area contributed by atoms with Crippen LogP contribution in [0.15, 0.2) is 22.7 Å². The molecule has 1 aromatic carbocycles. The summed E-state index contributed by atoms with van der Waals surface area (Å²) >= 11 is 3.36. The highest BCUT2D eigenvalue weighted by Gasteiger charge is 2.24. The van der Waals surface area contributed by atoms with Crippen LogP contribution in [0, 0.1) is 0 Å². The van der Waals surface area contributed by atoms with Crippen molar-refractivity contribution in [2.75, 3.05) is 7.11 Å². The molecule has 19 heavy (non-hydrogen) atoms. The Balaban J connectivity index is 2.11. The first kappa shape index (κ1) is 14.3. The van der Waals surface area contributed by atoms with Gasteiger partial charge in [0.2, 0.25) is 0 Å². The van der Waals surface area contributed by atoms with Gasteiger partial charge < -0.3 is 15.8 Å². The van der Waals surface area contributed by atoms with Gasteiger partial charge in [-0.25, -0.2) is 0 Å². The number of nitrogens with one attached hydrogen (secondary N) is 1. The number of benzene rings is 1. The number of halogens is 1. The normalized spacial score (nSPS) is 22.9. The summed E-state index contributed by atoms with van der Waals surface area (Å²) in [5.74, 6) is 0.447. The van der Waals surface area contributed by atoms with E-state index in [1.807, 2.05) is 6.07 Å². The van der Waals surface area contributed by atoms with E-state index in [-0.39, 0.29) is 18.0 Å². The summed E-state index contributed by atoms with van der Waals surface area (Å²) in [5.41, 5.74) is 6.59. The van der Waals surface area contributed by atoms with Gasteiger partial charge in [-0.3, -0.25) is 4.79 Å². The van der Waals surface area contributed by atoms with Gasteiger partial charge in [0, 0.05) is 16.6 Å². The van der Waals surface area contributed by atoms with Crippen molar-refractivity contribution in [2.45, 2.75) is 37.8 Å². The van der Waals surface area contributed by atoms with Crippen molar-refractivity contribution in [1.82, 2.24) is 5.32 Å². The van der Waals surface area contributed by atoms with Crippen LogP contribution in [0.2, 0.25) is 0 Å². The number of hydrogen-bond donors (Lipinski definition) is 2. The molecule has 1 saturated carbocycles. The molecule has 0 saturated heterocycles. The molecule has 0 aromatic heterocycles. The third-order valence-corrected chi connectivity index (χ3v) is 4.04. The minimum absolute atomic E-state index is 0.0548. The predicted molar refractivity (Wildman–Crippen MR) is 78.4 cm³/mol. The maximum atomic E-state index is 12.3. The van der Waals surface area contributed by atoms with E-state index in [1.165, 1.54) is 0 Å². The van der Waals surface area contributed by atoms with Gasteiger partial charge >= 0.3 is 0 Å². The Morgan fingerprint density at radius 2 is 2.16 bits per heavy atom. The largest absolute Gasteiger partial charge is 0.496 e. The standard InChI is InChI=1S/C14H19BrN2O2/c1-19-13-8-9(15)6-7-10(13)14(18)17-12-5-3-2-4-11(12)16/h6-8,11-12H,2-5,16H2,1H3,(H,17,18)/t11-,12-/m1/s1. The van der Waals surface area contributed by atoms with E-state index < -0.39 is 0 Å². The maximum absolute atomic E-state index is 12.3. The molecule has 3 N–H and O–H groups in total. The van der Waals surface area contributed by atoms with E-state index in [0.717, 1.165) is 30.2 Å². The van der Waals surface area contributed by atoms with Gasteiger partial charge in [-0.2, -0.15) is 0 Å². The summed E-state index contributed by atoms with van der Waals surface area (Å²) in [5, 5.41) is 3.02. The molecule has 0 bridgehead atoms. The molecule has 1 aliphatic rings. The molecule has 0 heterocycles. The Bertz CT molecular complexity index is 465. The van der Waals surface area contributed by atoms with E-state index in [0.29, 0.717) is 11.3 Å². The second-order valence-corrected chi connectivity index (χ2v) is 5.79. The third kappa shape index (κ3) is 3.48. The van der Waals surface area contributed by atoms with Crippen LogP contribution in [0.1, 0.15) is 36.0 Å². The number of carbonyl (C=O) groups is 1. The number of rotatable bonds is 3. The lowest BCUT2D eigenvalue weighted by Gasteiger charge is -2.29. The molecule has 1 aliphatic carbocycles. The molecule has 2 rings (SSSR count). The van der Waals surface area contributed by atoms with Crippen LogP contribution in [0.25, 0.3) is 0 Å². The molecule has 5 heteroatoms. The zero-order valence-electron chi connectivity index (χ0n) is 11.0. The van der Waals surface area contributed by atoms with Crippen LogP contribution in [-0.2, 0) is 0 Å². The molecule has 0 unspecified atom stereocenters. The Kier molecular flexibility index (Phi) is 4.82. The minimum Gasteiger partial charge on any atom is -0.496 e. The smallest absolute Gasteiger partial charge is 0.255 e. The van der Waals surface area contributed by atoms with Crippen LogP contribution in [0.4, 0.5) is 0 Å². The number of methoxy groups -OCH3 is 1. The highest BCUT2D eigenvalue weighted by molar-refractivity contribution is 9.10. The highest BCUT2D eigenvalue weighted by Crippen LogP contribution is 2.24. The topological polar surface area (TPSA) is 64.3 Å². The van der Waals surface area contributed by atoms with Crippen molar-refractivity contribution in [3.63, 3.8) is 0 Å². The Labute approximate surface area is 121 Å². The number of ether oxygens (including phenoxy) is 1. The number of nitrogens with two attached hydrogens (primary N) is 1.